The molecule has 0 amide bonds. The number of hydrogen-bond acceptors (Lipinski definition) is 5. The van der Waals surface area contributed by atoms with Gasteiger partial charge in [0.2, 0.25) is 0 Å². The number of H-pyrrole nitrogens is 1. The van der Waals surface area contributed by atoms with Gasteiger partial charge in [0.25, 0.3) is 5.56 Å². The lowest BCUT2D eigenvalue weighted by molar-refractivity contribution is 0.415. The lowest BCUT2D eigenvalue weighted by atomic mass is 9.81. The van der Waals surface area contributed by atoms with Gasteiger partial charge in [0.1, 0.15) is 5.75 Å². The summed E-state index contributed by atoms with van der Waals surface area (Å²) < 4.78 is 5.16. The third kappa shape index (κ3) is 3.91. The van der Waals surface area contributed by atoms with E-state index < -0.39 is 0 Å². The van der Waals surface area contributed by atoms with Gasteiger partial charge in [0.15, 0.2) is 0 Å². The van der Waals surface area contributed by atoms with Crippen molar-refractivity contribution in [3.63, 3.8) is 0 Å². The van der Waals surface area contributed by atoms with Gasteiger partial charge in [-0.2, -0.15) is 15.3 Å². The minimum Gasteiger partial charge on any atom is -0.497 e. The quantitative estimate of drug-likeness (QED) is 0.563. The Morgan fingerprint density at radius 3 is 2.64 bits per heavy atom. The molecular weight excluding hydrogens is 352 g/mol. The molecule has 0 saturated heterocycles. The number of methoxy groups -OCH3 is 1. The van der Waals surface area contributed by atoms with Gasteiger partial charge in [-0.05, 0) is 54.2 Å². The van der Waals surface area contributed by atoms with Crippen molar-refractivity contribution in [1.29, 1.82) is 0 Å². The molecule has 1 atom stereocenters. The highest BCUT2D eigenvalue weighted by molar-refractivity contribution is 6.03. The van der Waals surface area contributed by atoms with E-state index >= 15 is 0 Å². The van der Waals surface area contributed by atoms with Gasteiger partial charge in [-0.3, -0.25) is 4.79 Å². The fourth-order valence-electron chi connectivity index (χ4n) is 3.39. The van der Waals surface area contributed by atoms with Crippen molar-refractivity contribution in [2.45, 2.75) is 18.8 Å². The van der Waals surface area contributed by atoms with Crippen LogP contribution in [0.25, 0.3) is 0 Å². The first-order valence-electron chi connectivity index (χ1n) is 9.11. The number of aromatic nitrogens is 2. The van der Waals surface area contributed by atoms with Crippen LogP contribution in [0.1, 0.15) is 34.7 Å². The number of ether oxygens (including phenoxy) is 1. The molecule has 3 aromatic rings. The van der Waals surface area contributed by atoms with Gasteiger partial charge in [0, 0.05) is 11.6 Å². The summed E-state index contributed by atoms with van der Waals surface area (Å²) in [5, 5.41) is 15.5. The van der Waals surface area contributed by atoms with Gasteiger partial charge >= 0.3 is 0 Å². The molecule has 1 heterocycles. The first kappa shape index (κ1) is 17.9. The van der Waals surface area contributed by atoms with E-state index in [9.17, 15) is 4.79 Å². The summed E-state index contributed by atoms with van der Waals surface area (Å²) in [6, 6.07) is 19.4. The number of rotatable bonds is 4. The summed E-state index contributed by atoms with van der Waals surface area (Å²) in [5.74, 6) is 1.04. The molecule has 0 fully saturated rings. The molecule has 1 aromatic heterocycles. The molecule has 0 saturated carbocycles. The normalized spacial score (nSPS) is 17.6. The highest BCUT2D eigenvalue weighted by Gasteiger charge is 2.26. The molecule has 140 valence electrons. The summed E-state index contributed by atoms with van der Waals surface area (Å²) in [7, 11) is 1.63. The Bertz CT molecular complexity index is 1070. The van der Waals surface area contributed by atoms with Crippen LogP contribution in [0.2, 0.25) is 0 Å². The van der Waals surface area contributed by atoms with Crippen LogP contribution >= 0.6 is 0 Å². The fraction of sp³-hybridized carbons (Fsp3) is 0.182. The molecule has 4 rings (SSSR count). The molecule has 6 nitrogen and oxygen atoms in total. The Morgan fingerprint density at radius 1 is 1.11 bits per heavy atom. The first-order valence-corrected chi connectivity index (χ1v) is 9.11. The van der Waals surface area contributed by atoms with E-state index in [2.05, 4.69) is 32.5 Å². The van der Waals surface area contributed by atoms with Crippen molar-refractivity contribution in [2.75, 3.05) is 7.11 Å². The third-order valence-electron chi connectivity index (χ3n) is 4.85. The monoisotopic (exact) mass is 372 g/mol. The number of fused-ring (bicyclic) bond motifs is 1. The number of nitrogens with one attached hydrogen (secondary N) is 1. The molecule has 0 unspecified atom stereocenters. The number of nitrogens with zero attached hydrogens (tertiary/aromatic N) is 3. The summed E-state index contributed by atoms with van der Waals surface area (Å²) in [6.45, 7) is 0. The van der Waals surface area contributed by atoms with E-state index in [-0.39, 0.29) is 11.5 Å². The molecule has 1 N–H and O–H groups in total. The second kappa shape index (κ2) is 8.00. The maximum absolute atomic E-state index is 11.8. The Balaban J connectivity index is 1.65. The van der Waals surface area contributed by atoms with Crippen molar-refractivity contribution >= 4 is 11.9 Å². The summed E-state index contributed by atoms with van der Waals surface area (Å²) in [5.41, 5.74) is 4.32. The van der Waals surface area contributed by atoms with Crippen molar-refractivity contribution in [1.82, 2.24) is 10.2 Å². The van der Waals surface area contributed by atoms with E-state index in [0.717, 1.165) is 34.7 Å². The van der Waals surface area contributed by atoms with Gasteiger partial charge in [-0.15, -0.1) is 0 Å². The van der Waals surface area contributed by atoms with Crippen molar-refractivity contribution < 1.29 is 4.74 Å². The predicted molar refractivity (Wildman–Crippen MR) is 109 cm³/mol. The average molecular weight is 372 g/mol. The maximum atomic E-state index is 11.8. The largest absolute Gasteiger partial charge is 0.497 e. The van der Waals surface area contributed by atoms with E-state index in [4.69, 9.17) is 4.74 Å². The molecule has 6 heteroatoms. The zero-order valence-corrected chi connectivity index (χ0v) is 15.5. The average Bonchev–Trinajstić information content (AvgIpc) is 2.75. The summed E-state index contributed by atoms with van der Waals surface area (Å²) in [6.07, 6.45) is 3.16. The van der Waals surface area contributed by atoms with E-state index in [0.29, 0.717) is 6.42 Å². The molecule has 28 heavy (non-hydrogen) atoms. The zero-order chi connectivity index (χ0) is 19.3. The van der Waals surface area contributed by atoms with E-state index in [1.807, 2.05) is 42.5 Å². The lowest BCUT2D eigenvalue weighted by Gasteiger charge is -2.24. The predicted octanol–water partition coefficient (Wildman–Crippen LogP) is 3.33. The van der Waals surface area contributed by atoms with Crippen molar-refractivity contribution in [2.24, 2.45) is 10.2 Å². The van der Waals surface area contributed by atoms with Gasteiger partial charge in [-0.1, -0.05) is 30.3 Å². The topological polar surface area (TPSA) is 79.7 Å². The minimum atomic E-state index is -0.233. The lowest BCUT2D eigenvalue weighted by Crippen LogP contribution is -2.24. The smallest absolute Gasteiger partial charge is 0.264 e. The molecule has 1 aliphatic carbocycles. The Morgan fingerprint density at radius 2 is 1.89 bits per heavy atom. The van der Waals surface area contributed by atoms with Crippen LogP contribution < -0.4 is 10.3 Å². The molecule has 0 aliphatic heterocycles. The van der Waals surface area contributed by atoms with Gasteiger partial charge in [-0.25, -0.2) is 5.10 Å². The summed E-state index contributed by atoms with van der Waals surface area (Å²) in [4.78, 5) is 11.8. The van der Waals surface area contributed by atoms with Crippen LogP contribution in [-0.4, -0.2) is 29.2 Å². The van der Waals surface area contributed by atoms with Gasteiger partial charge < -0.3 is 4.74 Å². The fourth-order valence-corrected chi connectivity index (χ4v) is 3.39. The highest BCUT2D eigenvalue weighted by atomic mass is 16.5. The van der Waals surface area contributed by atoms with Gasteiger partial charge in [0.05, 0.1) is 24.7 Å². The summed E-state index contributed by atoms with van der Waals surface area (Å²) >= 11 is 0. The van der Waals surface area contributed by atoms with Crippen LogP contribution in [0, 0.1) is 0 Å². The number of aromatic amines is 1. The van der Waals surface area contributed by atoms with Crippen LogP contribution in [0.5, 0.6) is 5.75 Å². The van der Waals surface area contributed by atoms with Crippen molar-refractivity contribution in [3.8, 4) is 5.75 Å². The molecule has 0 spiro atoms. The maximum Gasteiger partial charge on any atom is 0.264 e. The zero-order valence-electron chi connectivity index (χ0n) is 15.5. The molecule has 0 bridgehead atoms. The first-order chi connectivity index (χ1) is 13.7. The molecular formula is C22H20N4O2. The standard InChI is InChI=1S/C22H20N4O2/c1-28-18-9-7-15(8-10-18)14-23-24-20-11-17(16-5-3-2-4-6-16)12-21-19(20)13-22(27)26-25-21/h2-10,13-14,17H,11-12H2,1H3,(H,26,27)/b23-14-,24-20-/t17-/m0/s1. The van der Waals surface area contributed by atoms with Crippen molar-refractivity contribution in [3.05, 3.63) is 93.4 Å². The van der Waals surface area contributed by atoms with Crippen LogP contribution in [-0.2, 0) is 6.42 Å². The number of hydrogen-bond donors (Lipinski definition) is 1. The Hall–Kier alpha value is -3.54. The molecule has 1 aliphatic rings. The second-order valence-corrected chi connectivity index (χ2v) is 6.67. The SMILES string of the molecule is COc1ccc(/C=N\N=C2\C[C@H](c3ccccc3)Cc3n[nH]c(=O)cc32)cc1. The number of benzene rings is 2. The third-order valence-corrected chi connectivity index (χ3v) is 4.85. The van der Waals surface area contributed by atoms with E-state index in [1.165, 1.54) is 5.56 Å². The minimum absolute atomic E-state index is 0.233. The Kier molecular flexibility index (Phi) is 5.10. The van der Waals surface area contributed by atoms with E-state index in [1.54, 1.807) is 19.4 Å². The second-order valence-electron chi connectivity index (χ2n) is 6.67. The van der Waals surface area contributed by atoms with Crippen LogP contribution in [0.3, 0.4) is 0 Å². The molecule has 2 aromatic carbocycles. The highest BCUT2D eigenvalue weighted by Crippen LogP contribution is 2.31. The van der Waals surface area contributed by atoms with Crippen LogP contribution in [0.4, 0.5) is 0 Å². The Labute approximate surface area is 162 Å². The van der Waals surface area contributed by atoms with Crippen LogP contribution in [0.15, 0.2) is 75.7 Å². The molecule has 0 radical (unpaired) electrons.